The summed E-state index contributed by atoms with van der Waals surface area (Å²) in [5.74, 6) is 1.70. The second-order valence-electron chi connectivity index (χ2n) is 2.46. The molecule has 2 nitrogen and oxygen atoms in total. The van der Waals surface area contributed by atoms with Gasteiger partial charge in [0.25, 0.3) is 0 Å². The van der Waals surface area contributed by atoms with E-state index >= 15 is 0 Å². The third-order valence-corrected chi connectivity index (χ3v) is 2.22. The van der Waals surface area contributed by atoms with Crippen LogP contribution in [0.3, 0.4) is 0 Å². The first-order valence-corrected chi connectivity index (χ1v) is 4.23. The Kier molecular flexibility index (Phi) is 1.87. The van der Waals surface area contributed by atoms with Crippen molar-refractivity contribution in [2.24, 2.45) is 0 Å². The van der Waals surface area contributed by atoms with E-state index in [1.807, 2.05) is 24.3 Å². The van der Waals surface area contributed by atoms with Crippen LogP contribution >= 0.6 is 0 Å². The van der Waals surface area contributed by atoms with Gasteiger partial charge in [0.2, 0.25) is 0 Å². The van der Waals surface area contributed by atoms with Crippen molar-refractivity contribution >= 4 is 10.2 Å². The third-order valence-electron chi connectivity index (χ3n) is 1.66. The number of furan rings is 2. The standard InChI is InChI=1S/C9H7O2Si/c12-9(7-3-1-5-10-7)8-4-2-6-11-8/h1-6,9H. The monoisotopic (exact) mass is 175 g/mol. The molecule has 0 aliphatic heterocycles. The molecule has 0 amide bonds. The molecule has 0 saturated carbocycles. The molecule has 3 radical (unpaired) electrons. The minimum Gasteiger partial charge on any atom is -0.469 e. The molecule has 2 heterocycles. The van der Waals surface area contributed by atoms with Crippen molar-refractivity contribution < 1.29 is 8.83 Å². The first kappa shape index (κ1) is 7.43. The number of hydrogen-bond donors (Lipinski definition) is 0. The first-order valence-electron chi connectivity index (χ1n) is 3.66. The van der Waals surface area contributed by atoms with E-state index in [-0.39, 0.29) is 5.54 Å². The normalized spacial score (nSPS) is 10.8. The van der Waals surface area contributed by atoms with Crippen LogP contribution in [0.25, 0.3) is 0 Å². The second-order valence-corrected chi connectivity index (χ2v) is 3.04. The predicted molar refractivity (Wildman–Crippen MR) is 45.0 cm³/mol. The molecule has 0 N–H and O–H groups in total. The summed E-state index contributed by atoms with van der Waals surface area (Å²) in [5, 5.41) is 0. The topological polar surface area (TPSA) is 26.3 Å². The molecule has 0 saturated heterocycles. The molecule has 0 aromatic carbocycles. The van der Waals surface area contributed by atoms with Gasteiger partial charge in [-0.25, -0.2) is 0 Å². The molecule has 0 aliphatic carbocycles. The zero-order valence-electron chi connectivity index (χ0n) is 6.36. The third kappa shape index (κ3) is 1.23. The fourth-order valence-corrected chi connectivity index (χ4v) is 1.38. The molecular weight excluding hydrogens is 168 g/mol. The van der Waals surface area contributed by atoms with Crippen LogP contribution in [0.15, 0.2) is 45.6 Å². The Balaban J connectivity index is 2.27. The van der Waals surface area contributed by atoms with E-state index in [9.17, 15) is 0 Å². The summed E-state index contributed by atoms with van der Waals surface area (Å²) in [7, 11) is 3.52. The fraction of sp³-hybridized carbons (Fsp3) is 0.111. The summed E-state index contributed by atoms with van der Waals surface area (Å²) in [6.45, 7) is 0. The molecule has 3 heteroatoms. The first-order chi connectivity index (χ1) is 5.88. The Morgan fingerprint density at radius 3 is 1.83 bits per heavy atom. The van der Waals surface area contributed by atoms with Crippen molar-refractivity contribution in [3.8, 4) is 0 Å². The van der Waals surface area contributed by atoms with Crippen LogP contribution in [0.2, 0.25) is 0 Å². The van der Waals surface area contributed by atoms with Crippen LogP contribution in [0.1, 0.15) is 17.1 Å². The van der Waals surface area contributed by atoms with E-state index in [1.165, 1.54) is 0 Å². The molecule has 0 aliphatic rings. The van der Waals surface area contributed by atoms with Gasteiger partial charge in [0.05, 0.1) is 18.1 Å². The smallest absolute Gasteiger partial charge is 0.110 e. The van der Waals surface area contributed by atoms with Crippen LogP contribution in [0.5, 0.6) is 0 Å². The molecule has 0 spiro atoms. The van der Waals surface area contributed by atoms with E-state index in [0.717, 1.165) is 11.5 Å². The van der Waals surface area contributed by atoms with Crippen molar-refractivity contribution in [2.45, 2.75) is 5.54 Å². The minimum absolute atomic E-state index is 0.00926. The lowest BCUT2D eigenvalue weighted by atomic mass is 10.2. The largest absolute Gasteiger partial charge is 0.469 e. The highest BCUT2D eigenvalue weighted by Gasteiger charge is 2.12. The Morgan fingerprint density at radius 1 is 1.00 bits per heavy atom. The average Bonchev–Trinajstić information content (AvgIpc) is 2.77. The Labute approximate surface area is 73.6 Å². The molecule has 2 aromatic rings. The molecule has 0 unspecified atom stereocenters. The van der Waals surface area contributed by atoms with Gasteiger partial charge in [-0.3, -0.25) is 0 Å². The quantitative estimate of drug-likeness (QED) is 0.653. The van der Waals surface area contributed by atoms with Gasteiger partial charge in [0.1, 0.15) is 11.5 Å². The van der Waals surface area contributed by atoms with Crippen molar-refractivity contribution in [2.75, 3.05) is 0 Å². The maximum atomic E-state index is 5.21. The predicted octanol–water partition coefficient (Wildman–Crippen LogP) is 2.13. The average molecular weight is 175 g/mol. The van der Waals surface area contributed by atoms with Gasteiger partial charge < -0.3 is 8.83 Å². The summed E-state index contributed by atoms with van der Waals surface area (Å²) >= 11 is 0. The van der Waals surface area contributed by atoms with Crippen molar-refractivity contribution in [1.82, 2.24) is 0 Å². The highest BCUT2D eigenvalue weighted by molar-refractivity contribution is 6.13. The Hall–Kier alpha value is -1.22. The van der Waals surface area contributed by atoms with E-state index < -0.39 is 0 Å². The van der Waals surface area contributed by atoms with Crippen LogP contribution in [-0.2, 0) is 0 Å². The van der Waals surface area contributed by atoms with Crippen LogP contribution in [0, 0.1) is 0 Å². The SMILES string of the molecule is [Si]C(c1ccco1)c1ccco1. The minimum atomic E-state index is 0.00926. The van der Waals surface area contributed by atoms with Gasteiger partial charge in [-0.05, 0) is 24.3 Å². The molecular formula is C9H7O2Si. The Morgan fingerprint density at radius 2 is 1.50 bits per heavy atom. The maximum absolute atomic E-state index is 5.21. The summed E-state index contributed by atoms with van der Waals surface area (Å²) in [4.78, 5) is 0. The molecule has 0 fully saturated rings. The lowest BCUT2D eigenvalue weighted by molar-refractivity contribution is 0.467. The molecule has 12 heavy (non-hydrogen) atoms. The molecule has 2 rings (SSSR count). The van der Waals surface area contributed by atoms with Crippen LogP contribution in [-0.4, -0.2) is 10.2 Å². The van der Waals surface area contributed by atoms with Crippen molar-refractivity contribution in [3.05, 3.63) is 48.3 Å². The Bertz CT molecular complexity index is 289. The summed E-state index contributed by atoms with van der Waals surface area (Å²) in [6, 6.07) is 7.51. The van der Waals surface area contributed by atoms with Crippen LogP contribution in [0.4, 0.5) is 0 Å². The van der Waals surface area contributed by atoms with Crippen molar-refractivity contribution in [1.29, 1.82) is 0 Å². The lowest BCUT2D eigenvalue weighted by Gasteiger charge is -2.02. The van der Waals surface area contributed by atoms with Crippen molar-refractivity contribution in [3.63, 3.8) is 0 Å². The molecule has 2 aromatic heterocycles. The highest BCUT2D eigenvalue weighted by Crippen LogP contribution is 2.21. The summed E-state index contributed by atoms with van der Waals surface area (Å²) in [6.07, 6.45) is 3.29. The van der Waals surface area contributed by atoms with Crippen LogP contribution < -0.4 is 0 Å². The van der Waals surface area contributed by atoms with E-state index in [2.05, 4.69) is 10.2 Å². The molecule has 0 atom stereocenters. The van der Waals surface area contributed by atoms with E-state index in [1.54, 1.807) is 12.5 Å². The number of rotatable bonds is 2. The summed E-state index contributed by atoms with van der Waals surface area (Å²) < 4.78 is 10.4. The van der Waals surface area contributed by atoms with Gasteiger partial charge in [-0.1, -0.05) is 0 Å². The maximum Gasteiger partial charge on any atom is 0.110 e. The molecule has 59 valence electrons. The number of hydrogen-bond acceptors (Lipinski definition) is 2. The van der Waals surface area contributed by atoms with Gasteiger partial charge in [0, 0.05) is 10.2 Å². The van der Waals surface area contributed by atoms with E-state index in [0.29, 0.717) is 0 Å². The zero-order valence-corrected chi connectivity index (χ0v) is 7.36. The van der Waals surface area contributed by atoms with Gasteiger partial charge in [-0.15, -0.1) is 0 Å². The second kappa shape index (κ2) is 3.03. The van der Waals surface area contributed by atoms with Gasteiger partial charge >= 0.3 is 0 Å². The van der Waals surface area contributed by atoms with Gasteiger partial charge in [0.15, 0.2) is 0 Å². The lowest BCUT2D eigenvalue weighted by Crippen LogP contribution is -1.96. The van der Waals surface area contributed by atoms with E-state index in [4.69, 9.17) is 8.83 Å². The summed E-state index contributed by atoms with van der Waals surface area (Å²) in [5.41, 5.74) is 0.00926. The fourth-order valence-electron chi connectivity index (χ4n) is 1.05. The zero-order chi connectivity index (χ0) is 8.39. The van der Waals surface area contributed by atoms with Gasteiger partial charge in [-0.2, -0.15) is 0 Å². The highest BCUT2D eigenvalue weighted by atomic mass is 28.1. The molecule has 0 bridgehead atoms.